The molecule has 0 atom stereocenters. The third-order valence-corrected chi connectivity index (χ3v) is 12.1. The lowest BCUT2D eigenvalue weighted by molar-refractivity contribution is 0.563. The van der Waals surface area contributed by atoms with Gasteiger partial charge in [0.05, 0.1) is 11.1 Å². The Bertz CT molecular complexity index is 2830. The molecule has 0 unspecified atom stereocenters. The molecule has 0 saturated heterocycles. The van der Waals surface area contributed by atoms with Crippen LogP contribution in [-0.4, -0.2) is 0 Å². The van der Waals surface area contributed by atoms with Gasteiger partial charge in [-0.1, -0.05) is 166 Å². The Morgan fingerprint density at radius 1 is 0.389 bits per heavy atom. The van der Waals surface area contributed by atoms with Crippen LogP contribution in [0.4, 0.5) is 17.1 Å². The van der Waals surface area contributed by atoms with Gasteiger partial charge in [0, 0.05) is 33.1 Å². The summed E-state index contributed by atoms with van der Waals surface area (Å²) >= 11 is 0. The SMILES string of the molecule is CC1(C)c2ccccc2C2(c3ccccc3-c3ccc(-c4cccc5c4oc4c(N(c6ccccc6)c6ccccc6)cccc45)cc32)c2ccccc21. The molecule has 2 heteroatoms. The highest BCUT2D eigenvalue weighted by molar-refractivity contribution is 6.13. The first-order valence-electron chi connectivity index (χ1n) is 18.9. The highest BCUT2D eigenvalue weighted by Crippen LogP contribution is 2.62. The number of fused-ring (bicyclic) bond motifs is 12. The first kappa shape index (κ1) is 30.9. The zero-order valence-corrected chi connectivity index (χ0v) is 30.3. The third-order valence-electron chi connectivity index (χ3n) is 12.1. The fourth-order valence-corrected chi connectivity index (χ4v) is 9.82. The van der Waals surface area contributed by atoms with Crippen molar-refractivity contribution in [3.8, 4) is 22.3 Å². The van der Waals surface area contributed by atoms with E-state index in [0.717, 1.165) is 50.1 Å². The van der Waals surface area contributed by atoms with Crippen LogP contribution in [0.1, 0.15) is 47.2 Å². The Morgan fingerprint density at radius 2 is 0.889 bits per heavy atom. The van der Waals surface area contributed by atoms with Crippen molar-refractivity contribution in [3.63, 3.8) is 0 Å². The highest BCUT2D eigenvalue weighted by Gasteiger charge is 2.53. The molecule has 256 valence electrons. The smallest absolute Gasteiger partial charge is 0.159 e. The number of anilines is 3. The quantitative estimate of drug-likeness (QED) is 0.183. The third kappa shape index (κ3) is 4.11. The first-order valence-corrected chi connectivity index (χ1v) is 18.9. The largest absolute Gasteiger partial charge is 0.453 e. The molecule has 2 nitrogen and oxygen atoms in total. The van der Waals surface area contributed by atoms with Gasteiger partial charge in [-0.3, -0.25) is 0 Å². The number of rotatable bonds is 4. The van der Waals surface area contributed by atoms with Crippen LogP contribution < -0.4 is 4.90 Å². The summed E-state index contributed by atoms with van der Waals surface area (Å²) in [7, 11) is 0. The van der Waals surface area contributed by atoms with E-state index >= 15 is 0 Å². The average molecular weight is 692 g/mol. The van der Waals surface area contributed by atoms with Gasteiger partial charge in [0.15, 0.2) is 5.58 Å². The summed E-state index contributed by atoms with van der Waals surface area (Å²) in [5.74, 6) is 0. The predicted molar refractivity (Wildman–Crippen MR) is 223 cm³/mol. The van der Waals surface area contributed by atoms with Crippen LogP contribution in [0, 0.1) is 0 Å². The standard InChI is InChI=1S/C52H37NO/c1-51(2)43-26-11-13-28-45(43)52(46-29-14-12-27-44(46)51)42-25-10-9-21-38(42)39-32-31-34(33-47(39)52)37-22-15-23-40-41-24-16-30-48(50(41)54-49(37)40)53(35-17-5-3-6-18-35)36-19-7-4-8-20-36/h3-33H,1-2H3. The number of hydrogen-bond donors (Lipinski definition) is 0. The van der Waals surface area contributed by atoms with Crippen LogP contribution in [0.25, 0.3) is 44.2 Å². The summed E-state index contributed by atoms with van der Waals surface area (Å²) in [6.07, 6.45) is 0. The van der Waals surface area contributed by atoms with E-state index in [0.29, 0.717) is 0 Å². The molecule has 11 rings (SSSR count). The molecule has 1 heterocycles. The molecule has 1 aromatic heterocycles. The van der Waals surface area contributed by atoms with Crippen LogP contribution in [0.5, 0.6) is 0 Å². The number of benzene rings is 8. The molecular formula is C52H37NO. The van der Waals surface area contributed by atoms with E-state index in [1.165, 1.54) is 44.5 Å². The molecule has 0 radical (unpaired) electrons. The second-order valence-corrected chi connectivity index (χ2v) is 15.2. The summed E-state index contributed by atoms with van der Waals surface area (Å²) in [6.45, 7) is 4.76. The summed E-state index contributed by atoms with van der Waals surface area (Å²) in [5.41, 5.74) is 17.3. The van der Waals surface area contributed by atoms with Gasteiger partial charge in [0.25, 0.3) is 0 Å². The topological polar surface area (TPSA) is 16.4 Å². The molecule has 0 amide bonds. The second-order valence-electron chi connectivity index (χ2n) is 15.2. The molecule has 0 bridgehead atoms. The monoisotopic (exact) mass is 691 g/mol. The highest BCUT2D eigenvalue weighted by atomic mass is 16.3. The van der Waals surface area contributed by atoms with Crippen LogP contribution in [0.15, 0.2) is 192 Å². The molecule has 54 heavy (non-hydrogen) atoms. The Morgan fingerprint density at radius 3 is 1.54 bits per heavy atom. The van der Waals surface area contributed by atoms with Gasteiger partial charge >= 0.3 is 0 Å². The van der Waals surface area contributed by atoms with Crippen LogP contribution in [0.3, 0.4) is 0 Å². The van der Waals surface area contributed by atoms with Gasteiger partial charge < -0.3 is 9.32 Å². The van der Waals surface area contributed by atoms with E-state index in [2.05, 4.69) is 207 Å². The van der Waals surface area contributed by atoms with Crippen molar-refractivity contribution in [2.45, 2.75) is 24.7 Å². The lowest BCUT2D eigenvalue weighted by atomic mass is 9.55. The Labute approximate surface area is 315 Å². The molecule has 9 aromatic rings. The fraction of sp³-hybridized carbons (Fsp3) is 0.0769. The van der Waals surface area contributed by atoms with Gasteiger partial charge in [-0.15, -0.1) is 0 Å². The van der Waals surface area contributed by atoms with Crippen molar-refractivity contribution < 1.29 is 4.42 Å². The summed E-state index contributed by atoms with van der Waals surface area (Å²) < 4.78 is 7.11. The molecule has 0 saturated carbocycles. The minimum absolute atomic E-state index is 0.140. The first-order chi connectivity index (χ1) is 26.6. The Hall–Kier alpha value is -6.64. The van der Waals surface area contributed by atoms with E-state index in [-0.39, 0.29) is 5.41 Å². The molecule has 0 fully saturated rings. The second kappa shape index (κ2) is 11.4. The molecular weight excluding hydrogens is 655 g/mol. The fourth-order valence-electron chi connectivity index (χ4n) is 9.82. The normalized spacial score (nSPS) is 14.4. The molecule has 0 aliphatic heterocycles. The summed E-state index contributed by atoms with van der Waals surface area (Å²) in [5, 5.41) is 2.21. The van der Waals surface area contributed by atoms with Gasteiger partial charge in [0.1, 0.15) is 5.58 Å². The zero-order chi connectivity index (χ0) is 36.0. The maximum atomic E-state index is 7.11. The molecule has 8 aromatic carbocycles. The maximum Gasteiger partial charge on any atom is 0.159 e. The number of hydrogen-bond acceptors (Lipinski definition) is 2. The Balaban J connectivity index is 1.17. The van der Waals surface area contributed by atoms with Crippen molar-refractivity contribution in [2.24, 2.45) is 0 Å². The molecule has 2 aliphatic carbocycles. The summed E-state index contributed by atoms with van der Waals surface area (Å²) in [4.78, 5) is 2.29. The van der Waals surface area contributed by atoms with Crippen molar-refractivity contribution in [2.75, 3.05) is 4.90 Å². The maximum absolute atomic E-state index is 7.11. The van der Waals surface area contributed by atoms with Crippen LogP contribution >= 0.6 is 0 Å². The van der Waals surface area contributed by atoms with Gasteiger partial charge in [-0.25, -0.2) is 0 Å². The van der Waals surface area contributed by atoms with E-state index in [9.17, 15) is 0 Å². The zero-order valence-electron chi connectivity index (χ0n) is 30.3. The van der Waals surface area contributed by atoms with Crippen molar-refractivity contribution in [1.29, 1.82) is 0 Å². The van der Waals surface area contributed by atoms with E-state index in [4.69, 9.17) is 4.42 Å². The lowest BCUT2D eigenvalue weighted by Gasteiger charge is -2.46. The van der Waals surface area contributed by atoms with E-state index in [1.807, 2.05) is 0 Å². The number of para-hydroxylation sites is 4. The van der Waals surface area contributed by atoms with Crippen molar-refractivity contribution in [3.05, 3.63) is 221 Å². The van der Waals surface area contributed by atoms with E-state index in [1.54, 1.807) is 0 Å². The minimum atomic E-state index is -0.453. The molecule has 2 aliphatic rings. The minimum Gasteiger partial charge on any atom is -0.453 e. The number of nitrogens with zero attached hydrogens (tertiary/aromatic N) is 1. The molecule has 1 spiro atoms. The van der Waals surface area contributed by atoms with Crippen LogP contribution in [-0.2, 0) is 10.8 Å². The molecule has 0 N–H and O–H groups in total. The Kier molecular flexibility index (Phi) is 6.55. The van der Waals surface area contributed by atoms with E-state index < -0.39 is 5.41 Å². The number of furan rings is 1. The lowest BCUT2D eigenvalue weighted by Crippen LogP contribution is -2.40. The predicted octanol–water partition coefficient (Wildman–Crippen LogP) is 13.7. The average Bonchev–Trinajstić information content (AvgIpc) is 3.76. The van der Waals surface area contributed by atoms with Crippen LogP contribution in [0.2, 0.25) is 0 Å². The van der Waals surface area contributed by atoms with Gasteiger partial charge in [-0.2, -0.15) is 0 Å². The van der Waals surface area contributed by atoms with Crippen molar-refractivity contribution >= 4 is 39.0 Å². The summed E-state index contributed by atoms with van der Waals surface area (Å²) in [6, 6.07) is 68.6. The van der Waals surface area contributed by atoms with Gasteiger partial charge in [-0.05, 0) is 86.5 Å². The van der Waals surface area contributed by atoms with Gasteiger partial charge in [0.2, 0.25) is 0 Å². The van der Waals surface area contributed by atoms with Crippen molar-refractivity contribution in [1.82, 2.24) is 0 Å².